The molecule has 4 rings (SSSR count). The first-order valence-electron chi connectivity index (χ1n) is 7.44. The van der Waals surface area contributed by atoms with Gasteiger partial charge < -0.3 is 0 Å². The van der Waals surface area contributed by atoms with Crippen molar-refractivity contribution in [2.24, 2.45) is 16.7 Å². The molecule has 0 bridgehead atoms. The van der Waals surface area contributed by atoms with Crippen LogP contribution in [-0.2, 0) is 0 Å². The summed E-state index contributed by atoms with van der Waals surface area (Å²) in [5.41, 5.74) is 6.70. The Kier molecular flexibility index (Phi) is 2.17. The van der Waals surface area contributed by atoms with Gasteiger partial charge in [0.05, 0.1) is 0 Å². The summed E-state index contributed by atoms with van der Waals surface area (Å²) in [7, 11) is 0. The number of rotatable bonds is 2. The largest absolute Gasteiger partial charge is 0.0622 e. The molecule has 2 aromatic rings. The zero-order valence-electron chi connectivity index (χ0n) is 12.4. The Morgan fingerprint density at radius 1 is 0.700 bits per heavy atom. The second-order valence-electron chi connectivity index (χ2n) is 6.88. The first-order valence-corrected chi connectivity index (χ1v) is 7.44. The van der Waals surface area contributed by atoms with Crippen molar-refractivity contribution < 1.29 is 0 Å². The molecule has 0 saturated heterocycles. The van der Waals surface area contributed by atoms with E-state index in [0.29, 0.717) is 16.7 Å². The average Bonchev–Trinajstić information content (AvgIpc) is 2.82. The van der Waals surface area contributed by atoms with Crippen LogP contribution in [0.25, 0.3) is 11.1 Å². The van der Waals surface area contributed by atoms with Crippen LogP contribution in [0, 0.1) is 16.7 Å². The highest BCUT2D eigenvalue weighted by Crippen LogP contribution is 2.86. The fourth-order valence-corrected chi connectivity index (χ4v) is 4.43. The van der Waals surface area contributed by atoms with E-state index in [2.05, 4.69) is 81.4 Å². The predicted octanol–water partition coefficient (Wildman–Crippen LogP) is 5.27. The molecule has 2 aromatic carbocycles. The number of benzene rings is 2. The fourth-order valence-electron chi connectivity index (χ4n) is 4.43. The summed E-state index contributed by atoms with van der Waals surface area (Å²) in [6, 6.07) is 21.8. The average molecular weight is 260 g/mol. The molecule has 1 saturated carbocycles. The second-order valence-corrected chi connectivity index (χ2v) is 6.88. The Morgan fingerprint density at radius 3 is 1.75 bits per heavy atom. The standard InChI is InChI=1S/C20H20/c1-19(2)18-16(14-10-6-4-7-11-14)17(20(18,19)3)15-12-8-5-9-13-15/h4-13,18H,1-3H3. The van der Waals surface area contributed by atoms with E-state index in [4.69, 9.17) is 0 Å². The van der Waals surface area contributed by atoms with Gasteiger partial charge in [0.25, 0.3) is 0 Å². The van der Waals surface area contributed by atoms with Crippen molar-refractivity contribution in [3.63, 3.8) is 0 Å². The van der Waals surface area contributed by atoms with Crippen LogP contribution in [0.4, 0.5) is 0 Å². The minimum absolute atomic E-state index is 0.361. The maximum atomic E-state index is 2.44. The highest BCUT2D eigenvalue weighted by Gasteiger charge is 2.77. The van der Waals surface area contributed by atoms with Gasteiger partial charge in [-0.2, -0.15) is 0 Å². The van der Waals surface area contributed by atoms with Crippen molar-refractivity contribution in [2.75, 3.05) is 0 Å². The lowest BCUT2D eigenvalue weighted by Gasteiger charge is -2.31. The Hall–Kier alpha value is -1.82. The number of hydrogen-bond donors (Lipinski definition) is 0. The van der Waals surface area contributed by atoms with E-state index in [1.807, 2.05) is 0 Å². The molecule has 20 heavy (non-hydrogen) atoms. The molecule has 2 aliphatic rings. The van der Waals surface area contributed by atoms with Crippen LogP contribution in [0.15, 0.2) is 60.7 Å². The lowest BCUT2D eigenvalue weighted by Crippen LogP contribution is -2.17. The molecule has 0 amide bonds. The SMILES string of the molecule is CC1(C)C2C(c3ccccc3)=C(c3ccccc3)C21C. The number of fused-ring (bicyclic) bond motifs is 1. The molecule has 2 unspecified atom stereocenters. The van der Waals surface area contributed by atoms with Gasteiger partial charge in [0.2, 0.25) is 0 Å². The molecule has 0 nitrogen and oxygen atoms in total. The smallest absolute Gasteiger partial charge is 0.00653 e. The van der Waals surface area contributed by atoms with E-state index >= 15 is 0 Å². The highest BCUT2D eigenvalue weighted by molar-refractivity contribution is 6.07. The van der Waals surface area contributed by atoms with Gasteiger partial charge >= 0.3 is 0 Å². The van der Waals surface area contributed by atoms with Gasteiger partial charge in [0.15, 0.2) is 0 Å². The van der Waals surface area contributed by atoms with Crippen LogP contribution in [0.5, 0.6) is 0 Å². The quantitative estimate of drug-likeness (QED) is 0.689. The van der Waals surface area contributed by atoms with Crippen molar-refractivity contribution in [3.05, 3.63) is 71.8 Å². The molecule has 0 aromatic heterocycles. The maximum Gasteiger partial charge on any atom is 0.00653 e. The number of hydrogen-bond acceptors (Lipinski definition) is 0. The summed E-state index contributed by atoms with van der Waals surface area (Å²) in [4.78, 5) is 0. The summed E-state index contributed by atoms with van der Waals surface area (Å²) in [6.07, 6.45) is 0. The summed E-state index contributed by atoms with van der Waals surface area (Å²) in [6.45, 7) is 7.26. The predicted molar refractivity (Wildman–Crippen MR) is 85.1 cm³/mol. The Labute approximate surface area is 121 Å². The molecule has 2 atom stereocenters. The van der Waals surface area contributed by atoms with Gasteiger partial charge in [-0.3, -0.25) is 0 Å². The normalized spacial score (nSPS) is 29.6. The minimum Gasteiger partial charge on any atom is -0.0622 e. The van der Waals surface area contributed by atoms with Gasteiger partial charge in [0, 0.05) is 11.3 Å². The molecule has 0 heterocycles. The first-order chi connectivity index (χ1) is 9.58. The summed E-state index contributed by atoms with van der Waals surface area (Å²) in [5.74, 6) is 0.715. The van der Waals surface area contributed by atoms with Gasteiger partial charge in [-0.05, 0) is 27.7 Å². The lowest BCUT2D eigenvalue weighted by atomic mass is 9.72. The van der Waals surface area contributed by atoms with Gasteiger partial charge in [0.1, 0.15) is 0 Å². The zero-order chi connectivity index (χ0) is 14.0. The fraction of sp³-hybridized carbons (Fsp3) is 0.300. The van der Waals surface area contributed by atoms with Gasteiger partial charge in [-0.1, -0.05) is 81.4 Å². The van der Waals surface area contributed by atoms with E-state index in [1.165, 1.54) is 11.1 Å². The van der Waals surface area contributed by atoms with Crippen LogP contribution >= 0.6 is 0 Å². The Morgan fingerprint density at radius 2 is 1.20 bits per heavy atom. The summed E-state index contributed by atoms with van der Waals surface area (Å²) >= 11 is 0. The molecule has 100 valence electrons. The lowest BCUT2D eigenvalue weighted by molar-refractivity contribution is 0.518. The van der Waals surface area contributed by atoms with E-state index < -0.39 is 0 Å². The molecule has 0 radical (unpaired) electrons. The van der Waals surface area contributed by atoms with E-state index in [0.717, 1.165) is 0 Å². The van der Waals surface area contributed by atoms with Crippen LogP contribution in [-0.4, -0.2) is 0 Å². The number of allylic oxidation sites excluding steroid dienone is 2. The Balaban J connectivity index is 1.92. The molecule has 0 N–H and O–H groups in total. The molecule has 2 aliphatic carbocycles. The van der Waals surface area contributed by atoms with E-state index in [1.54, 1.807) is 11.1 Å². The van der Waals surface area contributed by atoms with Crippen LogP contribution in [0.3, 0.4) is 0 Å². The summed E-state index contributed by atoms with van der Waals surface area (Å²) in [5, 5.41) is 0. The minimum atomic E-state index is 0.361. The van der Waals surface area contributed by atoms with Crippen molar-refractivity contribution in [1.29, 1.82) is 0 Å². The van der Waals surface area contributed by atoms with Crippen LogP contribution in [0.2, 0.25) is 0 Å². The summed E-state index contributed by atoms with van der Waals surface area (Å²) < 4.78 is 0. The van der Waals surface area contributed by atoms with Crippen molar-refractivity contribution in [3.8, 4) is 0 Å². The second kappa shape index (κ2) is 3.63. The first kappa shape index (κ1) is 12.0. The van der Waals surface area contributed by atoms with Gasteiger partial charge in [-0.15, -0.1) is 0 Å². The van der Waals surface area contributed by atoms with Crippen molar-refractivity contribution in [1.82, 2.24) is 0 Å². The van der Waals surface area contributed by atoms with Crippen LogP contribution in [0.1, 0.15) is 31.9 Å². The Bertz CT molecular complexity index is 691. The van der Waals surface area contributed by atoms with Gasteiger partial charge in [-0.25, -0.2) is 0 Å². The van der Waals surface area contributed by atoms with Crippen molar-refractivity contribution in [2.45, 2.75) is 20.8 Å². The molecule has 1 fully saturated rings. The third-order valence-corrected chi connectivity index (χ3v) is 5.78. The molecule has 0 spiro atoms. The van der Waals surface area contributed by atoms with E-state index in [-0.39, 0.29) is 0 Å². The molecule has 0 heteroatoms. The molecule has 0 aliphatic heterocycles. The maximum absolute atomic E-state index is 2.44. The highest BCUT2D eigenvalue weighted by atomic mass is 14.8. The third-order valence-electron chi connectivity index (χ3n) is 5.78. The molecular weight excluding hydrogens is 240 g/mol. The van der Waals surface area contributed by atoms with Crippen LogP contribution < -0.4 is 0 Å². The monoisotopic (exact) mass is 260 g/mol. The molecular formula is C20H20. The van der Waals surface area contributed by atoms with E-state index in [9.17, 15) is 0 Å². The third kappa shape index (κ3) is 1.22. The zero-order valence-corrected chi connectivity index (χ0v) is 12.4. The topological polar surface area (TPSA) is 0 Å². The van der Waals surface area contributed by atoms with Crippen molar-refractivity contribution >= 4 is 11.1 Å².